The Bertz CT molecular complexity index is 560. The smallest absolute Gasteiger partial charge is 0.326 e. The highest BCUT2D eigenvalue weighted by molar-refractivity contribution is 14.1. The second-order valence-electron chi connectivity index (χ2n) is 4.59. The maximum atomic E-state index is 12.2. The molecule has 1 atom stereocenters. The highest BCUT2D eigenvalue weighted by Gasteiger charge is 2.37. The van der Waals surface area contributed by atoms with Crippen LogP contribution in [0.5, 0.6) is 5.75 Å². The van der Waals surface area contributed by atoms with Crippen molar-refractivity contribution in [1.82, 2.24) is 5.32 Å². The third-order valence-corrected chi connectivity index (χ3v) is 4.66. The van der Waals surface area contributed by atoms with Crippen LogP contribution < -0.4 is 10.1 Å². The molecule has 0 bridgehead atoms. The molecule has 2 rings (SSSR count). The molecule has 0 spiro atoms. The van der Waals surface area contributed by atoms with Crippen LogP contribution in [-0.4, -0.2) is 30.1 Å². The molecular formula is C13H13ClINO4. The lowest BCUT2D eigenvalue weighted by molar-refractivity contribution is -0.139. The lowest BCUT2D eigenvalue weighted by atomic mass is 10.1. The first-order valence-corrected chi connectivity index (χ1v) is 7.46. The van der Waals surface area contributed by atoms with Gasteiger partial charge in [-0.15, -0.1) is 0 Å². The standard InChI is InChI=1S/C13H13ClINO4/c1-20-10-5-9(15)8(14)4-7(10)12(17)16-11(13(18)19)6-2-3-6/h4-6,11H,2-3H2,1H3,(H,16,17)(H,18,19). The van der Waals surface area contributed by atoms with Crippen LogP contribution in [0.3, 0.4) is 0 Å². The number of rotatable bonds is 5. The number of hydrogen-bond acceptors (Lipinski definition) is 3. The van der Waals surface area contributed by atoms with Gasteiger partial charge in [0.15, 0.2) is 0 Å². The van der Waals surface area contributed by atoms with E-state index >= 15 is 0 Å². The molecule has 108 valence electrons. The van der Waals surface area contributed by atoms with Crippen molar-refractivity contribution < 1.29 is 19.4 Å². The van der Waals surface area contributed by atoms with Gasteiger partial charge in [0.1, 0.15) is 11.8 Å². The van der Waals surface area contributed by atoms with Gasteiger partial charge in [0.2, 0.25) is 0 Å². The van der Waals surface area contributed by atoms with Gasteiger partial charge in [-0.3, -0.25) is 4.79 Å². The van der Waals surface area contributed by atoms with Gasteiger partial charge >= 0.3 is 5.97 Å². The van der Waals surface area contributed by atoms with E-state index in [1.807, 2.05) is 22.6 Å². The van der Waals surface area contributed by atoms with Crippen LogP contribution >= 0.6 is 34.2 Å². The Morgan fingerprint density at radius 1 is 1.50 bits per heavy atom. The minimum atomic E-state index is -1.02. The van der Waals surface area contributed by atoms with Crippen molar-refractivity contribution in [3.8, 4) is 5.75 Å². The fourth-order valence-electron chi connectivity index (χ4n) is 1.90. The van der Waals surface area contributed by atoms with Crippen LogP contribution in [0.2, 0.25) is 5.02 Å². The molecular weight excluding hydrogens is 397 g/mol. The zero-order valence-corrected chi connectivity index (χ0v) is 13.6. The highest BCUT2D eigenvalue weighted by Crippen LogP contribution is 2.33. The summed E-state index contributed by atoms with van der Waals surface area (Å²) in [6, 6.07) is 2.28. The second-order valence-corrected chi connectivity index (χ2v) is 6.16. The molecule has 0 heterocycles. The van der Waals surface area contributed by atoms with Gasteiger partial charge in [-0.1, -0.05) is 11.6 Å². The van der Waals surface area contributed by atoms with Crippen molar-refractivity contribution in [3.05, 3.63) is 26.3 Å². The number of methoxy groups -OCH3 is 1. The SMILES string of the molecule is COc1cc(I)c(Cl)cc1C(=O)NC(C(=O)O)C1CC1. The van der Waals surface area contributed by atoms with E-state index < -0.39 is 17.9 Å². The summed E-state index contributed by atoms with van der Waals surface area (Å²) in [5.74, 6) is -1.12. The summed E-state index contributed by atoms with van der Waals surface area (Å²) in [6.45, 7) is 0. The number of amides is 1. The Labute approximate surface area is 134 Å². The highest BCUT2D eigenvalue weighted by atomic mass is 127. The molecule has 2 N–H and O–H groups in total. The van der Waals surface area contributed by atoms with E-state index in [4.69, 9.17) is 21.4 Å². The summed E-state index contributed by atoms with van der Waals surface area (Å²) >= 11 is 8.03. The summed E-state index contributed by atoms with van der Waals surface area (Å²) < 4.78 is 5.91. The van der Waals surface area contributed by atoms with Crippen molar-refractivity contribution in [2.75, 3.05) is 7.11 Å². The summed E-state index contributed by atoms with van der Waals surface area (Å²) in [4.78, 5) is 23.4. The van der Waals surface area contributed by atoms with Crippen molar-refractivity contribution >= 4 is 46.1 Å². The third-order valence-electron chi connectivity index (χ3n) is 3.13. The number of halogens is 2. The maximum absolute atomic E-state index is 12.2. The molecule has 1 amide bonds. The molecule has 5 nitrogen and oxygen atoms in total. The Balaban J connectivity index is 2.24. The van der Waals surface area contributed by atoms with Gasteiger partial charge in [0.05, 0.1) is 17.7 Å². The van der Waals surface area contributed by atoms with Crippen molar-refractivity contribution in [3.63, 3.8) is 0 Å². The Morgan fingerprint density at radius 2 is 2.15 bits per heavy atom. The Hall–Kier alpha value is -1.02. The molecule has 7 heteroatoms. The fraction of sp³-hybridized carbons (Fsp3) is 0.385. The second kappa shape index (κ2) is 6.17. The fourth-order valence-corrected chi connectivity index (χ4v) is 2.51. The minimum absolute atomic E-state index is 0.0155. The van der Waals surface area contributed by atoms with Crippen LogP contribution in [0.1, 0.15) is 23.2 Å². The van der Waals surface area contributed by atoms with Crippen molar-refractivity contribution in [1.29, 1.82) is 0 Å². The third kappa shape index (κ3) is 3.35. The first-order chi connectivity index (χ1) is 9.43. The van der Waals surface area contributed by atoms with Crippen LogP contribution in [0.4, 0.5) is 0 Å². The predicted molar refractivity (Wildman–Crippen MR) is 82.3 cm³/mol. The van der Waals surface area contributed by atoms with Crippen molar-refractivity contribution in [2.45, 2.75) is 18.9 Å². The number of nitrogens with one attached hydrogen (secondary N) is 1. The first kappa shape index (κ1) is 15.4. The summed E-state index contributed by atoms with van der Waals surface area (Å²) in [5, 5.41) is 12.1. The number of carboxylic acids is 1. The Morgan fingerprint density at radius 3 is 2.65 bits per heavy atom. The van der Waals surface area contributed by atoms with Gasteiger partial charge in [-0.2, -0.15) is 0 Å². The quantitative estimate of drug-likeness (QED) is 0.733. The van der Waals surface area contributed by atoms with Crippen LogP contribution in [-0.2, 0) is 4.79 Å². The van der Waals surface area contributed by atoms with E-state index in [-0.39, 0.29) is 11.5 Å². The predicted octanol–water partition coefficient (Wildman–Crippen LogP) is 2.55. The average molecular weight is 410 g/mol. The average Bonchev–Trinajstić information content (AvgIpc) is 3.22. The van der Waals surface area contributed by atoms with E-state index in [2.05, 4.69) is 5.32 Å². The number of aliphatic carboxylic acids is 1. The zero-order chi connectivity index (χ0) is 14.9. The van der Waals surface area contributed by atoms with Crippen LogP contribution in [0.15, 0.2) is 12.1 Å². The number of carbonyl (C=O) groups excluding carboxylic acids is 1. The zero-order valence-electron chi connectivity index (χ0n) is 10.7. The molecule has 1 aliphatic carbocycles. The largest absolute Gasteiger partial charge is 0.496 e. The molecule has 0 aromatic heterocycles. The van der Waals surface area contributed by atoms with E-state index in [1.165, 1.54) is 13.2 Å². The maximum Gasteiger partial charge on any atom is 0.326 e. The van der Waals surface area contributed by atoms with Crippen LogP contribution in [0, 0.1) is 9.49 Å². The number of hydrogen-bond donors (Lipinski definition) is 2. The Kier molecular flexibility index (Phi) is 4.74. The van der Waals surface area contributed by atoms with E-state index in [0.29, 0.717) is 10.8 Å². The molecule has 0 radical (unpaired) electrons. The molecule has 1 fully saturated rings. The molecule has 1 aliphatic rings. The van der Waals surface area contributed by atoms with Gasteiger partial charge in [0.25, 0.3) is 5.91 Å². The lowest BCUT2D eigenvalue weighted by Crippen LogP contribution is -2.42. The number of carbonyl (C=O) groups is 2. The van der Waals surface area contributed by atoms with Crippen molar-refractivity contribution in [2.24, 2.45) is 5.92 Å². The number of ether oxygens (including phenoxy) is 1. The first-order valence-electron chi connectivity index (χ1n) is 6.00. The molecule has 1 aromatic carbocycles. The summed E-state index contributed by atoms with van der Waals surface area (Å²) in [7, 11) is 1.45. The van der Waals surface area contributed by atoms with Crippen LogP contribution in [0.25, 0.3) is 0 Å². The van der Waals surface area contributed by atoms with Gasteiger partial charge in [-0.25, -0.2) is 4.79 Å². The number of benzene rings is 1. The molecule has 1 saturated carbocycles. The van der Waals surface area contributed by atoms with Gasteiger partial charge in [-0.05, 0) is 53.5 Å². The summed E-state index contributed by atoms with van der Waals surface area (Å²) in [5.41, 5.74) is 0.241. The van der Waals surface area contributed by atoms with Gasteiger partial charge in [0, 0.05) is 3.57 Å². The molecule has 0 saturated heterocycles. The van der Waals surface area contributed by atoms with E-state index in [1.54, 1.807) is 6.07 Å². The lowest BCUT2D eigenvalue weighted by Gasteiger charge is -2.15. The van der Waals surface area contributed by atoms with Gasteiger partial charge < -0.3 is 15.2 Å². The minimum Gasteiger partial charge on any atom is -0.496 e. The topological polar surface area (TPSA) is 75.6 Å². The molecule has 1 unspecified atom stereocenters. The molecule has 1 aromatic rings. The molecule has 0 aliphatic heterocycles. The molecule has 20 heavy (non-hydrogen) atoms. The van der Waals surface area contributed by atoms with E-state index in [0.717, 1.165) is 16.4 Å². The monoisotopic (exact) mass is 409 g/mol. The normalized spacial score (nSPS) is 15.6. The summed E-state index contributed by atoms with van der Waals surface area (Å²) in [6.07, 6.45) is 1.64. The number of carboxylic acid groups (broad SMARTS) is 1. The van der Waals surface area contributed by atoms with E-state index in [9.17, 15) is 9.59 Å².